The van der Waals surface area contributed by atoms with Crippen LogP contribution in [-0.2, 0) is 79.7 Å². The number of Topliss-reactive ketones (excluding diaryl/α,β-unsaturated/α-hetero) is 2. The van der Waals surface area contributed by atoms with Crippen molar-refractivity contribution in [3.63, 3.8) is 0 Å². The van der Waals surface area contributed by atoms with E-state index in [1.165, 1.54) is 31.3 Å². The molecule has 29 heteroatoms. The molecule has 5 aliphatic rings. The highest BCUT2D eigenvalue weighted by Crippen LogP contribution is 2.43. The van der Waals surface area contributed by atoms with Crippen LogP contribution in [0.5, 0.6) is 23.0 Å². The Hall–Kier alpha value is -8.68. The van der Waals surface area contributed by atoms with Gasteiger partial charge in [-0.3, -0.25) is 48.2 Å². The van der Waals surface area contributed by atoms with E-state index >= 15 is 0 Å². The molecule has 0 spiro atoms. The van der Waals surface area contributed by atoms with E-state index in [0.717, 1.165) is 40.2 Å². The van der Waals surface area contributed by atoms with Crippen molar-refractivity contribution in [2.75, 3.05) is 138 Å². The van der Waals surface area contributed by atoms with Gasteiger partial charge in [-0.25, -0.2) is 9.69 Å². The summed E-state index contributed by atoms with van der Waals surface area (Å²) >= 11 is 0. The number of anilines is 1. The third-order valence-corrected chi connectivity index (χ3v) is 18.5. The number of carbonyl (C=O) groups excluding carboxylic acids is 9. The van der Waals surface area contributed by atoms with Crippen LogP contribution in [0.25, 0.3) is 0 Å². The number of unbranched alkanes of at least 4 members (excludes halogenated alkanes) is 2. The first-order valence-electron chi connectivity index (χ1n) is 36.6. The minimum Gasteiger partial charge on any atom is -0.493 e. The van der Waals surface area contributed by atoms with Crippen molar-refractivity contribution < 1.29 is 105 Å². The van der Waals surface area contributed by atoms with E-state index in [1.807, 2.05) is 33.9 Å². The maximum absolute atomic E-state index is 14.3. The number of hydrogen-bond acceptors (Lipinski definition) is 23. The third-order valence-electron chi connectivity index (χ3n) is 18.5. The molecule has 1 saturated heterocycles. The molecule has 3 aromatic rings. The summed E-state index contributed by atoms with van der Waals surface area (Å²) < 4.78 is 68.6. The standard InChI is InChI=1S/C77H105N7O22/c1-50(2)59(41-58(85)18-25-99-29-33-103-36-35-102-32-28-98-22-11-9-10-21-97-27-31-101-34-30-100-26-19-78-70(87)17-20-81-71(88)39-53(5)73(81)90)72(89)80-54(6)65(86)40-55-13-15-56(16-14-55)49-106-77(94)84-63-45-69(67(96-8)43-61(63)75(92)83-48-52(4)38-64(83)76(84)93)105-24-12-23-104-68-44-62-60(42-66(68)95-7)74(91)82-47-51(3)37-57(82)46-79-62/h13-16,42-48,50,53-54,57,59,64,76,93H,9-12,17-41,49H2,1-8H3,(H,78,87)(H,80,89)/t53?,54-,57-,59-,64-,76-/m0/s1. The number of aliphatic hydroxyl groups excluding tert-OH is 1. The Balaban J connectivity index is 0.650. The highest BCUT2D eigenvalue weighted by molar-refractivity contribution is 6.07. The topological polar surface area (TPSA) is 334 Å². The first kappa shape index (κ1) is 83.0. The van der Waals surface area contributed by atoms with E-state index in [0.29, 0.717) is 139 Å². The number of nitrogens with one attached hydrogen (secondary N) is 2. The van der Waals surface area contributed by atoms with Gasteiger partial charge in [-0.1, -0.05) is 56.2 Å². The third kappa shape index (κ3) is 24.4. The zero-order valence-electron chi connectivity index (χ0n) is 62.4. The quantitative estimate of drug-likeness (QED) is 0.0366. The Morgan fingerprint density at radius 1 is 0.613 bits per heavy atom. The fraction of sp³-hybridized carbons (Fsp3) is 0.584. The predicted octanol–water partition coefficient (Wildman–Crippen LogP) is 7.41. The lowest BCUT2D eigenvalue weighted by Gasteiger charge is -2.31. The van der Waals surface area contributed by atoms with Crippen molar-refractivity contribution in [2.45, 2.75) is 143 Å². The second kappa shape index (κ2) is 42.6. The number of aliphatic imine (C=N–C) groups is 1. The van der Waals surface area contributed by atoms with Gasteiger partial charge in [-0.2, -0.15) is 0 Å². The molecule has 0 aromatic heterocycles. The summed E-state index contributed by atoms with van der Waals surface area (Å²) in [5.41, 5.74) is 4.10. The van der Waals surface area contributed by atoms with Gasteiger partial charge in [0, 0.05) is 107 Å². The molecule has 580 valence electrons. The number of likely N-dealkylation sites (tertiary alicyclic amines) is 1. The van der Waals surface area contributed by atoms with E-state index in [9.17, 15) is 48.3 Å². The molecular formula is C77H105N7O22. The molecule has 106 heavy (non-hydrogen) atoms. The van der Waals surface area contributed by atoms with Crippen LogP contribution in [0.4, 0.5) is 16.2 Å². The van der Waals surface area contributed by atoms with Crippen LogP contribution in [0.1, 0.15) is 138 Å². The molecule has 8 rings (SSSR count). The van der Waals surface area contributed by atoms with Crippen molar-refractivity contribution in [1.82, 2.24) is 25.3 Å². The normalized spacial score (nSPS) is 18.0. The van der Waals surface area contributed by atoms with Crippen LogP contribution in [0.3, 0.4) is 0 Å². The zero-order chi connectivity index (χ0) is 76.1. The fourth-order valence-electron chi connectivity index (χ4n) is 12.5. The molecule has 5 aliphatic heterocycles. The Kier molecular flexibility index (Phi) is 33.3. The number of methoxy groups -OCH3 is 2. The summed E-state index contributed by atoms with van der Waals surface area (Å²) in [6.45, 7) is 17.0. The average molecular weight is 1480 g/mol. The molecule has 1 fully saturated rings. The molecule has 0 aliphatic carbocycles. The molecule has 7 amide bonds. The van der Waals surface area contributed by atoms with Gasteiger partial charge in [0.2, 0.25) is 23.6 Å². The summed E-state index contributed by atoms with van der Waals surface area (Å²) in [6, 6.07) is 11.2. The van der Waals surface area contributed by atoms with Gasteiger partial charge >= 0.3 is 6.09 Å². The van der Waals surface area contributed by atoms with E-state index in [1.54, 1.807) is 67.6 Å². The van der Waals surface area contributed by atoms with Crippen molar-refractivity contribution in [1.29, 1.82) is 0 Å². The lowest BCUT2D eigenvalue weighted by molar-refractivity contribution is -0.139. The maximum atomic E-state index is 14.3. The van der Waals surface area contributed by atoms with Gasteiger partial charge in [0.25, 0.3) is 11.8 Å². The van der Waals surface area contributed by atoms with Crippen LogP contribution in [0, 0.1) is 17.8 Å². The van der Waals surface area contributed by atoms with Crippen LogP contribution >= 0.6 is 0 Å². The molecule has 29 nitrogen and oxygen atoms in total. The van der Waals surface area contributed by atoms with Gasteiger partial charge in [0.05, 0.1) is 147 Å². The van der Waals surface area contributed by atoms with E-state index in [-0.39, 0.29) is 148 Å². The molecule has 0 bridgehead atoms. The second-order valence-electron chi connectivity index (χ2n) is 27.1. The fourth-order valence-corrected chi connectivity index (χ4v) is 12.5. The minimum atomic E-state index is -1.53. The van der Waals surface area contributed by atoms with Gasteiger partial charge in [-0.05, 0) is 82.1 Å². The van der Waals surface area contributed by atoms with Crippen LogP contribution < -0.4 is 34.5 Å². The lowest BCUT2D eigenvalue weighted by Crippen LogP contribution is -2.50. The number of nitrogens with zero attached hydrogens (tertiary/aromatic N) is 5. The monoisotopic (exact) mass is 1480 g/mol. The van der Waals surface area contributed by atoms with Crippen LogP contribution in [-0.4, -0.2) is 236 Å². The van der Waals surface area contributed by atoms with E-state index < -0.39 is 42.1 Å². The van der Waals surface area contributed by atoms with Crippen molar-refractivity contribution in [3.8, 4) is 23.0 Å². The molecule has 0 saturated carbocycles. The molecule has 1 unspecified atom stereocenters. The Labute approximate surface area is 619 Å². The van der Waals surface area contributed by atoms with Gasteiger partial charge < -0.3 is 82.4 Å². The van der Waals surface area contributed by atoms with E-state index in [4.69, 9.17) is 56.8 Å². The average Bonchev–Trinajstić information content (AvgIpc) is 1.74. The number of hydrogen-bond donors (Lipinski definition) is 3. The number of carbonyl (C=O) groups is 9. The van der Waals surface area contributed by atoms with Gasteiger partial charge in [-0.15, -0.1) is 0 Å². The number of ketones is 2. The summed E-state index contributed by atoms with van der Waals surface area (Å²) in [6.07, 6.45) is 7.29. The Morgan fingerprint density at radius 3 is 1.77 bits per heavy atom. The number of ether oxygens (including phenoxy) is 12. The molecular weight excluding hydrogens is 1370 g/mol. The first-order valence-corrected chi connectivity index (χ1v) is 36.6. The number of imide groups is 1. The number of amides is 7. The van der Waals surface area contributed by atoms with Crippen molar-refractivity contribution in [2.24, 2.45) is 22.7 Å². The van der Waals surface area contributed by atoms with Crippen LogP contribution in [0.15, 0.2) is 77.1 Å². The highest BCUT2D eigenvalue weighted by Gasteiger charge is 2.45. The highest BCUT2D eigenvalue weighted by atomic mass is 16.6. The summed E-state index contributed by atoms with van der Waals surface area (Å²) in [7, 11) is 2.92. The SMILES string of the molecule is COc1cc2c(cc1OCCCOc1cc3c(cc1OC)C(=O)N1C=C(C)C[C@H]1[C@H](O)N3C(=O)OCc1ccc(CC(=O)[C@H](C)NC(=O)[C@@H](CC(=O)CCOCCOCCOCCOCCCCCOCCOCCOCCNC(=O)CCN3C(=O)CC(C)C3=O)C(C)C)cc1)N=C[C@@H]1CC(C)=CN1C2=O. The zero-order valence-corrected chi connectivity index (χ0v) is 62.4. The van der Waals surface area contributed by atoms with Gasteiger partial charge in [0.15, 0.2) is 35.0 Å². The summed E-state index contributed by atoms with van der Waals surface area (Å²) in [4.78, 5) is 128. The largest absolute Gasteiger partial charge is 0.493 e. The number of rotatable bonds is 48. The van der Waals surface area contributed by atoms with Crippen molar-refractivity contribution >= 4 is 70.7 Å². The Bertz CT molecular complexity index is 3580. The second-order valence-corrected chi connectivity index (χ2v) is 27.1. The lowest BCUT2D eigenvalue weighted by atomic mass is 9.88. The smallest absolute Gasteiger partial charge is 0.416 e. The van der Waals surface area contributed by atoms with E-state index in [2.05, 4.69) is 15.6 Å². The number of fused-ring (bicyclic) bond motifs is 4. The summed E-state index contributed by atoms with van der Waals surface area (Å²) in [5, 5.41) is 17.5. The first-order chi connectivity index (χ1) is 51.1. The Morgan fingerprint density at radius 2 is 1.17 bits per heavy atom. The number of aliphatic hydroxyl groups is 1. The predicted molar refractivity (Wildman–Crippen MR) is 388 cm³/mol. The van der Waals surface area contributed by atoms with Crippen molar-refractivity contribution in [3.05, 3.63) is 94.3 Å². The number of benzene rings is 3. The molecule has 3 aromatic carbocycles. The maximum Gasteiger partial charge on any atom is 0.416 e. The molecule has 5 heterocycles. The molecule has 6 atom stereocenters. The molecule has 0 radical (unpaired) electrons. The van der Waals surface area contributed by atoms with Crippen LogP contribution in [0.2, 0.25) is 0 Å². The summed E-state index contributed by atoms with van der Waals surface area (Å²) in [5.74, 6) is -2.15. The minimum absolute atomic E-state index is 0.00937. The molecule has 3 N–H and O–H groups in total. The van der Waals surface area contributed by atoms with Gasteiger partial charge in [0.1, 0.15) is 12.4 Å².